The minimum absolute atomic E-state index is 0.0178. The summed E-state index contributed by atoms with van der Waals surface area (Å²) < 4.78 is 21.9. The summed E-state index contributed by atoms with van der Waals surface area (Å²) in [6, 6.07) is 22.4. The molecule has 4 rings (SSSR count). The van der Waals surface area contributed by atoms with E-state index in [1.807, 2.05) is 42.5 Å². The Balaban J connectivity index is 1.42. The van der Waals surface area contributed by atoms with Crippen molar-refractivity contribution in [2.45, 2.75) is 13.2 Å². The number of nitrogens with one attached hydrogen (secondary N) is 1. The Labute approximate surface area is 191 Å². The highest BCUT2D eigenvalue weighted by molar-refractivity contribution is 6.01. The minimum atomic E-state index is -0.474. The first-order valence-electron chi connectivity index (χ1n) is 10.3. The predicted molar refractivity (Wildman–Crippen MR) is 122 cm³/mol. The highest BCUT2D eigenvalue weighted by atomic mass is 16.7. The van der Waals surface area contributed by atoms with E-state index in [4.69, 9.17) is 18.9 Å². The zero-order valence-electron chi connectivity index (χ0n) is 18.0. The van der Waals surface area contributed by atoms with E-state index in [2.05, 4.69) is 5.32 Å². The van der Waals surface area contributed by atoms with Gasteiger partial charge in [0.25, 0.3) is 5.91 Å². The molecular weight excluding hydrogens is 420 g/mol. The monoisotopic (exact) mass is 442 g/mol. The fourth-order valence-electron chi connectivity index (χ4n) is 3.27. The Morgan fingerprint density at radius 1 is 1.03 bits per heavy atom. The number of benzene rings is 3. The van der Waals surface area contributed by atoms with Crippen molar-refractivity contribution < 1.29 is 23.7 Å². The Hall–Kier alpha value is -4.44. The maximum atomic E-state index is 12.6. The second-order valence-electron chi connectivity index (χ2n) is 7.22. The van der Waals surface area contributed by atoms with Crippen molar-refractivity contribution in [2.75, 3.05) is 13.9 Å². The van der Waals surface area contributed by atoms with Gasteiger partial charge in [0.1, 0.15) is 18.2 Å². The lowest BCUT2D eigenvalue weighted by Gasteiger charge is -2.11. The molecule has 33 heavy (non-hydrogen) atoms. The predicted octanol–water partition coefficient (Wildman–Crippen LogP) is 4.23. The molecule has 0 spiro atoms. The van der Waals surface area contributed by atoms with E-state index in [-0.39, 0.29) is 18.9 Å². The Kier molecular flexibility index (Phi) is 6.76. The standard InChI is InChI=1S/C26H22N2O5/c1-30-24-12-19(7-9-22(24)31-16-18-5-3-2-4-6-18)11-21(14-27)26(29)28-15-20-8-10-23-25(13-20)33-17-32-23/h2-13H,15-17H2,1H3,(H,28,29)/b21-11+. The number of methoxy groups -OCH3 is 1. The number of ether oxygens (including phenoxy) is 4. The van der Waals surface area contributed by atoms with Gasteiger partial charge in [-0.15, -0.1) is 0 Å². The number of fused-ring (bicyclic) bond motifs is 1. The van der Waals surface area contributed by atoms with Crippen LogP contribution in [0.4, 0.5) is 0 Å². The average molecular weight is 442 g/mol. The second kappa shape index (κ2) is 10.2. The van der Waals surface area contributed by atoms with Gasteiger partial charge in [-0.3, -0.25) is 4.79 Å². The number of nitriles is 1. The van der Waals surface area contributed by atoms with E-state index in [0.717, 1.165) is 11.1 Å². The fourth-order valence-corrected chi connectivity index (χ4v) is 3.27. The fraction of sp³-hybridized carbons (Fsp3) is 0.154. The first-order valence-corrected chi connectivity index (χ1v) is 10.3. The van der Waals surface area contributed by atoms with Gasteiger partial charge in [-0.2, -0.15) is 5.26 Å². The van der Waals surface area contributed by atoms with Gasteiger partial charge in [0.15, 0.2) is 23.0 Å². The lowest BCUT2D eigenvalue weighted by Crippen LogP contribution is -2.23. The number of amides is 1. The number of hydrogen-bond donors (Lipinski definition) is 1. The second-order valence-corrected chi connectivity index (χ2v) is 7.22. The van der Waals surface area contributed by atoms with Crippen molar-refractivity contribution in [1.29, 1.82) is 5.26 Å². The van der Waals surface area contributed by atoms with Gasteiger partial charge in [0.05, 0.1) is 7.11 Å². The third-order valence-corrected chi connectivity index (χ3v) is 4.99. The van der Waals surface area contributed by atoms with Crippen LogP contribution in [0.2, 0.25) is 0 Å². The average Bonchev–Trinajstić information content (AvgIpc) is 3.33. The SMILES string of the molecule is COc1cc(/C=C(\C#N)C(=O)NCc2ccc3c(c2)OCO3)ccc1OCc1ccccc1. The van der Waals surface area contributed by atoms with Crippen molar-refractivity contribution in [1.82, 2.24) is 5.32 Å². The molecule has 0 atom stereocenters. The van der Waals surface area contributed by atoms with E-state index in [1.165, 1.54) is 6.08 Å². The van der Waals surface area contributed by atoms with Crippen molar-refractivity contribution >= 4 is 12.0 Å². The molecule has 1 aliphatic heterocycles. The van der Waals surface area contributed by atoms with E-state index in [1.54, 1.807) is 37.4 Å². The normalized spacial score (nSPS) is 12.1. The molecule has 0 unspecified atom stereocenters. The number of rotatable bonds is 8. The summed E-state index contributed by atoms with van der Waals surface area (Å²) in [5.41, 5.74) is 2.50. The van der Waals surface area contributed by atoms with Crippen molar-refractivity contribution in [3.8, 4) is 29.1 Å². The molecule has 0 saturated heterocycles. The number of hydrogen-bond acceptors (Lipinski definition) is 6. The quantitative estimate of drug-likeness (QED) is 0.415. The maximum Gasteiger partial charge on any atom is 0.262 e. The lowest BCUT2D eigenvalue weighted by molar-refractivity contribution is -0.117. The van der Waals surface area contributed by atoms with Crippen LogP contribution in [0.25, 0.3) is 6.08 Å². The first kappa shape index (κ1) is 21.8. The summed E-state index contributed by atoms with van der Waals surface area (Å²) in [5.74, 6) is 1.92. The molecule has 1 amide bonds. The molecule has 0 radical (unpaired) electrons. The summed E-state index contributed by atoms with van der Waals surface area (Å²) in [7, 11) is 1.54. The Bertz CT molecular complexity index is 1220. The van der Waals surface area contributed by atoms with E-state index in [9.17, 15) is 10.1 Å². The summed E-state index contributed by atoms with van der Waals surface area (Å²) >= 11 is 0. The minimum Gasteiger partial charge on any atom is -0.493 e. The molecule has 0 saturated carbocycles. The molecule has 3 aromatic carbocycles. The van der Waals surface area contributed by atoms with Crippen LogP contribution in [-0.2, 0) is 17.9 Å². The number of carbonyl (C=O) groups is 1. The molecule has 1 heterocycles. The molecule has 0 aliphatic carbocycles. The van der Waals surface area contributed by atoms with Gasteiger partial charge < -0.3 is 24.3 Å². The van der Waals surface area contributed by atoms with Crippen molar-refractivity contribution in [3.05, 3.63) is 89.0 Å². The molecular formula is C26H22N2O5. The van der Waals surface area contributed by atoms with E-state index in [0.29, 0.717) is 35.2 Å². The number of carbonyl (C=O) groups excluding carboxylic acids is 1. The summed E-state index contributed by atoms with van der Waals surface area (Å²) in [4.78, 5) is 12.6. The first-order chi connectivity index (χ1) is 16.2. The lowest BCUT2D eigenvalue weighted by atomic mass is 10.1. The molecule has 7 heteroatoms. The maximum absolute atomic E-state index is 12.6. The van der Waals surface area contributed by atoms with Crippen LogP contribution in [0.5, 0.6) is 23.0 Å². The zero-order chi connectivity index (χ0) is 23.0. The number of nitrogens with zero attached hydrogens (tertiary/aromatic N) is 1. The van der Waals surface area contributed by atoms with Crippen LogP contribution < -0.4 is 24.3 Å². The molecule has 0 aromatic heterocycles. The molecule has 166 valence electrons. The van der Waals surface area contributed by atoms with Crippen LogP contribution in [0.15, 0.2) is 72.3 Å². The van der Waals surface area contributed by atoms with Gasteiger partial charge in [-0.05, 0) is 47.0 Å². The molecule has 1 aliphatic rings. The van der Waals surface area contributed by atoms with E-state index >= 15 is 0 Å². The van der Waals surface area contributed by atoms with Gasteiger partial charge in [0.2, 0.25) is 6.79 Å². The molecule has 7 nitrogen and oxygen atoms in total. The zero-order valence-corrected chi connectivity index (χ0v) is 18.0. The topological polar surface area (TPSA) is 89.8 Å². The third kappa shape index (κ3) is 5.43. The van der Waals surface area contributed by atoms with Crippen LogP contribution in [0.3, 0.4) is 0 Å². The van der Waals surface area contributed by atoms with Crippen LogP contribution in [0.1, 0.15) is 16.7 Å². The Morgan fingerprint density at radius 3 is 2.64 bits per heavy atom. The smallest absolute Gasteiger partial charge is 0.262 e. The summed E-state index contributed by atoms with van der Waals surface area (Å²) in [6.45, 7) is 0.841. The molecule has 0 bridgehead atoms. The largest absolute Gasteiger partial charge is 0.493 e. The molecule has 1 N–H and O–H groups in total. The summed E-state index contributed by atoms with van der Waals surface area (Å²) in [5, 5.41) is 12.3. The third-order valence-electron chi connectivity index (χ3n) is 4.99. The Morgan fingerprint density at radius 2 is 1.85 bits per heavy atom. The van der Waals surface area contributed by atoms with Gasteiger partial charge in [0, 0.05) is 6.54 Å². The molecule has 0 fully saturated rings. The summed E-state index contributed by atoms with van der Waals surface area (Å²) in [6.07, 6.45) is 1.51. The van der Waals surface area contributed by atoms with Crippen molar-refractivity contribution in [3.63, 3.8) is 0 Å². The van der Waals surface area contributed by atoms with Crippen molar-refractivity contribution in [2.24, 2.45) is 0 Å². The highest BCUT2D eigenvalue weighted by Gasteiger charge is 2.15. The highest BCUT2D eigenvalue weighted by Crippen LogP contribution is 2.32. The van der Waals surface area contributed by atoms with Gasteiger partial charge in [-0.25, -0.2) is 0 Å². The van der Waals surface area contributed by atoms with Crippen LogP contribution >= 0.6 is 0 Å². The van der Waals surface area contributed by atoms with E-state index < -0.39 is 5.91 Å². The van der Waals surface area contributed by atoms with Gasteiger partial charge in [-0.1, -0.05) is 42.5 Å². The molecule has 3 aromatic rings. The van der Waals surface area contributed by atoms with Crippen LogP contribution in [0, 0.1) is 11.3 Å². The van der Waals surface area contributed by atoms with Crippen LogP contribution in [-0.4, -0.2) is 19.8 Å². The van der Waals surface area contributed by atoms with Gasteiger partial charge >= 0.3 is 0 Å².